The second-order valence-corrected chi connectivity index (χ2v) is 15.1. The van der Waals surface area contributed by atoms with Crippen LogP contribution in [0.2, 0.25) is 0 Å². The van der Waals surface area contributed by atoms with E-state index in [0.717, 1.165) is 39.0 Å². The maximum absolute atomic E-state index is 6.41. The molecule has 10 rings (SSSR count). The van der Waals surface area contributed by atoms with Crippen LogP contribution in [0.15, 0.2) is 199 Å². The summed E-state index contributed by atoms with van der Waals surface area (Å²) >= 11 is 0. The molecule has 0 spiro atoms. The smallest absolute Gasteiger partial charge is 0.137 e. The summed E-state index contributed by atoms with van der Waals surface area (Å²) in [6, 6.07) is 70.5. The van der Waals surface area contributed by atoms with E-state index in [1.165, 1.54) is 82.2 Å². The maximum atomic E-state index is 6.41. The Kier molecular flexibility index (Phi) is 9.01. The van der Waals surface area contributed by atoms with Crippen LogP contribution >= 0.6 is 0 Å². The molecule has 0 unspecified atom stereocenters. The first-order valence-corrected chi connectivity index (χ1v) is 20.0. The van der Waals surface area contributed by atoms with Crippen molar-refractivity contribution in [2.75, 3.05) is 4.90 Å². The lowest BCUT2D eigenvalue weighted by Crippen LogP contribution is -2.10. The highest BCUT2D eigenvalue weighted by atomic mass is 16.3. The number of para-hydroxylation sites is 1. The molecule has 0 atom stereocenters. The summed E-state index contributed by atoms with van der Waals surface area (Å²) in [5, 5.41) is 2.28. The highest BCUT2D eigenvalue weighted by Crippen LogP contribution is 2.44. The Labute approximate surface area is 329 Å². The summed E-state index contributed by atoms with van der Waals surface area (Å²) < 4.78 is 6.41. The van der Waals surface area contributed by atoms with Crippen LogP contribution in [-0.4, -0.2) is 0 Å². The predicted octanol–water partition coefficient (Wildman–Crippen LogP) is 15.8. The maximum Gasteiger partial charge on any atom is 0.137 e. The van der Waals surface area contributed by atoms with Gasteiger partial charge in [0.2, 0.25) is 0 Å². The normalized spacial score (nSPS) is 13.3. The molecule has 9 aromatic rings. The Hall–Kier alpha value is -6.64. The lowest BCUT2D eigenvalue weighted by atomic mass is 9.84. The summed E-state index contributed by atoms with van der Waals surface area (Å²) in [4.78, 5) is 2.37. The molecule has 270 valence electrons. The van der Waals surface area contributed by atoms with Crippen molar-refractivity contribution in [3.05, 3.63) is 200 Å². The lowest BCUT2D eigenvalue weighted by Gasteiger charge is -2.27. The molecule has 0 bridgehead atoms. The quantitative estimate of drug-likeness (QED) is 0.155. The topological polar surface area (TPSA) is 16.4 Å². The standard InChI is InChI=1S/C54H43NO/c1-4-14-38(15-5-1)40-26-30-45(31-27-40)55(47-34-35-51-50-22-10-11-25-52(50)56-53(51)37-47)46-32-28-42(29-33-46)54-48(41-18-8-3-9-19-41)23-13-24-49(54)44-21-12-20-43(36-44)39-16-6-2-7-17-39/h2-3,6-13,16-38H,1,4-5,14-15H2. The third-order valence-electron chi connectivity index (χ3n) is 11.7. The number of nitrogens with zero attached hydrogens (tertiary/aromatic N) is 1. The van der Waals surface area contributed by atoms with Crippen molar-refractivity contribution in [1.82, 2.24) is 0 Å². The monoisotopic (exact) mass is 721 g/mol. The molecule has 0 saturated heterocycles. The SMILES string of the molecule is c1ccc(-c2cccc(-c3cccc(-c4ccccc4)c3-c3ccc(N(c4ccc(C5CCCCC5)cc4)c4ccc5c(c4)oc4ccccc45)cc3)c2)cc1. The average Bonchev–Trinajstić information content (AvgIpc) is 3.66. The van der Waals surface area contributed by atoms with E-state index in [4.69, 9.17) is 4.42 Å². The summed E-state index contributed by atoms with van der Waals surface area (Å²) in [7, 11) is 0. The number of rotatable bonds is 8. The Morgan fingerprint density at radius 3 is 1.70 bits per heavy atom. The molecule has 8 aromatic carbocycles. The molecule has 1 heterocycles. The van der Waals surface area contributed by atoms with Gasteiger partial charge in [-0.1, -0.05) is 159 Å². The van der Waals surface area contributed by atoms with E-state index < -0.39 is 0 Å². The Balaban J connectivity index is 1.09. The minimum atomic E-state index is 0.657. The zero-order valence-corrected chi connectivity index (χ0v) is 31.4. The highest BCUT2D eigenvalue weighted by molar-refractivity contribution is 6.06. The minimum absolute atomic E-state index is 0.657. The first-order chi connectivity index (χ1) is 27.8. The van der Waals surface area contributed by atoms with E-state index in [1.54, 1.807) is 0 Å². The molecule has 1 aliphatic rings. The van der Waals surface area contributed by atoms with Crippen LogP contribution in [0, 0.1) is 0 Å². The van der Waals surface area contributed by atoms with Crippen LogP contribution in [0.4, 0.5) is 17.1 Å². The molecular formula is C54H43NO. The van der Waals surface area contributed by atoms with E-state index in [2.05, 4.69) is 193 Å². The number of furan rings is 1. The van der Waals surface area contributed by atoms with Crippen LogP contribution < -0.4 is 4.90 Å². The highest BCUT2D eigenvalue weighted by Gasteiger charge is 2.20. The van der Waals surface area contributed by atoms with Crippen molar-refractivity contribution >= 4 is 39.0 Å². The number of hydrogen-bond donors (Lipinski definition) is 0. The van der Waals surface area contributed by atoms with Gasteiger partial charge in [0, 0.05) is 33.9 Å². The van der Waals surface area contributed by atoms with Gasteiger partial charge in [-0.15, -0.1) is 0 Å². The number of hydrogen-bond acceptors (Lipinski definition) is 2. The first kappa shape index (κ1) is 33.9. The van der Waals surface area contributed by atoms with Gasteiger partial charge in [0.25, 0.3) is 0 Å². The van der Waals surface area contributed by atoms with Gasteiger partial charge in [0.15, 0.2) is 0 Å². The van der Waals surface area contributed by atoms with Crippen LogP contribution in [0.5, 0.6) is 0 Å². The third kappa shape index (κ3) is 6.48. The predicted molar refractivity (Wildman–Crippen MR) is 236 cm³/mol. The molecule has 0 amide bonds. The van der Waals surface area contributed by atoms with Crippen LogP contribution in [0.3, 0.4) is 0 Å². The number of benzene rings is 8. The molecule has 0 aliphatic heterocycles. The number of anilines is 3. The van der Waals surface area contributed by atoms with Crippen molar-refractivity contribution in [1.29, 1.82) is 0 Å². The minimum Gasteiger partial charge on any atom is -0.456 e. The Morgan fingerprint density at radius 2 is 0.946 bits per heavy atom. The fourth-order valence-corrected chi connectivity index (χ4v) is 8.87. The molecule has 1 fully saturated rings. The summed E-state index contributed by atoms with van der Waals surface area (Å²) in [5.41, 5.74) is 16.2. The number of fused-ring (bicyclic) bond motifs is 3. The van der Waals surface area contributed by atoms with Crippen LogP contribution in [0.1, 0.15) is 43.6 Å². The van der Waals surface area contributed by atoms with E-state index in [0.29, 0.717) is 5.92 Å². The van der Waals surface area contributed by atoms with Gasteiger partial charge in [-0.3, -0.25) is 0 Å². The molecule has 56 heavy (non-hydrogen) atoms. The van der Waals surface area contributed by atoms with Gasteiger partial charge in [0.1, 0.15) is 11.2 Å². The zero-order valence-electron chi connectivity index (χ0n) is 31.4. The van der Waals surface area contributed by atoms with Crippen molar-refractivity contribution < 1.29 is 4.42 Å². The van der Waals surface area contributed by atoms with E-state index >= 15 is 0 Å². The lowest BCUT2D eigenvalue weighted by molar-refractivity contribution is 0.443. The third-order valence-corrected chi connectivity index (χ3v) is 11.7. The van der Waals surface area contributed by atoms with E-state index in [1.807, 2.05) is 6.07 Å². The van der Waals surface area contributed by atoms with E-state index in [9.17, 15) is 0 Å². The van der Waals surface area contributed by atoms with Crippen molar-refractivity contribution in [3.8, 4) is 44.5 Å². The average molecular weight is 722 g/mol. The summed E-state index contributed by atoms with van der Waals surface area (Å²) in [6.45, 7) is 0. The zero-order chi connectivity index (χ0) is 37.3. The van der Waals surface area contributed by atoms with E-state index in [-0.39, 0.29) is 0 Å². The summed E-state index contributed by atoms with van der Waals surface area (Å²) in [6.07, 6.45) is 6.60. The molecule has 1 aromatic heterocycles. The van der Waals surface area contributed by atoms with Gasteiger partial charge < -0.3 is 9.32 Å². The van der Waals surface area contributed by atoms with Gasteiger partial charge >= 0.3 is 0 Å². The van der Waals surface area contributed by atoms with Gasteiger partial charge in [0.05, 0.1) is 0 Å². The van der Waals surface area contributed by atoms with Gasteiger partial charge in [-0.2, -0.15) is 0 Å². The van der Waals surface area contributed by atoms with Crippen LogP contribution in [0.25, 0.3) is 66.4 Å². The molecule has 1 aliphatic carbocycles. The van der Waals surface area contributed by atoms with Crippen molar-refractivity contribution in [2.24, 2.45) is 0 Å². The Morgan fingerprint density at radius 1 is 0.375 bits per heavy atom. The second kappa shape index (κ2) is 14.9. The van der Waals surface area contributed by atoms with Crippen LogP contribution in [-0.2, 0) is 0 Å². The molecule has 2 heteroatoms. The molecule has 0 N–H and O–H groups in total. The second-order valence-electron chi connectivity index (χ2n) is 15.1. The molecule has 1 saturated carbocycles. The van der Waals surface area contributed by atoms with Gasteiger partial charge in [-0.25, -0.2) is 0 Å². The fraction of sp³-hybridized carbons (Fsp3) is 0.111. The first-order valence-electron chi connectivity index (χ1n) is 20.0. The molecular weight excluding hydrogens is 679 g/mol. The summed E-state index contributed by atoms with van der Waals surface area (Å²) in [5.74, 6) is 0.657. The van der Waals surface area contributed by atoms with Gasteiger partial charge in [-0.05, 0) is 117 Å². The van der Waals surface area contributed by atoms with Crippen molar-refractivity contribution in [3.63, 3.8) is 0 Å². The molecule has 0 radical (unpaired) electrons. The molecule has 2 nitrogen and oxygen atoms in total. The largest absolute Gasteiger partial charge is 0.456 e. The Bertz CT molecular complexity index is 2760. The fourth-order valence-electron chi connectivity index (χ4n) is 8.87. The van der Waals surface area contributed by atoms with Crippen molar-refractivity contribution in [2.45, 2.75) is 38.0 Å².